The molecule has 0 saturated heterocycles. The highest BCUT2D eigenvalue weighted by atomic mass is 16.3. The first kappa shape index (κ1) is 17.8. The highest BCUT2D eigenvalue weighted by molar-refractivity contribution is 6.47. The van der Waals surface area contributed by atoms with Gasteiger partial charge in [0.1, 0.15) is 5.75 Å². The number of phenolic OH excluding ortho intramolecular Hbond substituents is 3. The highest BCUT2D eigenvalue weighted by Crippen LogP contribution is 2.61. The van der Waals surface area contributed by atoms with Crippen LogP contribution in [0.5, 0.6) is 17.2 Å². The molecule has 2 atom stereocenters. The Balaban J connectivity index is 2.43. The Morgan fingerprint density at radius 3 is 2.12 bits per heavy atom. The Bertz CT molecular complexity index is 790. The summed E-state index contributed by atoms with van der Waals surface area (Å²) in [5, 5.41) is 31.9. The summed E-state index contributed by atoms with van der Waals surface area (Å²) in [6, 6.07) is 0. The molecular formula is C20H26O5. The van der Waals surface area contributed by atoms with Gasteiger partial charge in [-0.3, -0.25) is 9.59 Å². The van der Waals surface area contributed by atoms with Crippen LogP contribution in [0.25, 0.3) is 0 Å². The molecule has 25 heavy (non-hydrogen) atoms. The van der Waals surface area contributed by atoms with Crippen LogP contribution in [-0.4, -0.2) is 26.9 Å². The van der Waals surface area contributed by atoms with E-state index in [9.17, 15) is 24.9 Å². The molecule has 5 nitrogen and oxygen atoms in total. The summed E-state index contributed by atoms with van der Waals surface area (Å²) in [7, 11) is 0. The molecule has 0 radical (unpaired) electrons. The Labute approximate surface area is 147 Å². The average Bonchev–Trinajstić information content (AvgIpc) is 2.47. The van der Waals surface area contributed by atoms with Gasteiger partial charge in [-0.15, -0.1) is 0 Å². The Morgan fingerprint density at radius 1 is 0.960 bits per heavy atom. The van der Waals surface area contributed by atoms with Crippen molar-refractivity contribution in [2.45, 2.75) is 65.2 Å². The minimum atomic E-state index is -0.795. The number of rotatable bonds is 1. The molecule has 0 aliphatic heterocycles. The van der Waals surface area contributed by atoms with Gasteiger partial charge in [0.05, 0.1) is 5.56 Å². The number of ketones is 2. The summed E-state index contributed by atoms with van der Waals surface area (Å²) in [4.78, 5) is 25.8. The molecule has 1 aromatic carbocycles. The molecule has 136 valence electrons. The minimum absolute atomic E-state index is 0.106. The van der Waals surface area contributed by atoms with E-state index in [2.05, 4.69) is 0 Å². The molecule has 0 spiro atoms. The molecule has 3 N–H and O–H groups in total. The van der Waals surface area contributed by atoms with Gasteiger partial charge >= 0.3 is 0 Å². The zero-order valence-corrected chi connectivity index (χ0v) is 15.4. The molecule has 0 unspecified atom stereocenters. The van der Waals surface area contributed by atoms with Crippen LogP contribution in [0.3, 0.4) is 0 Å². The molecular weight excluding hydrogens is 320 g/mol. The third-order valence-electron chi connectivity index (χ3n) is 6.26. The minimum Gasteiger partial charge on any atom is -0.507 e. The number of hydrogen-bond donors (Lipinski definition) is 3. The van der Waals surface area contributed by atoms with Gasteiger partial charge in [0.2, 0.25) is 11.6 Å². The third kappa shape index (κ3) is 2.14. The van der Waals surface area contributed by atoms with Crippen LogP contribution < -0.4 is 0 Å². The zero-order chi connectivity index (χ0) is 18.9. The smallest absolute Gasteiger partial charge is 0.233 e. The van der Waals surface area contributed by atoms with E-state index >= 15 is 0 Å². The number of phenols is 3. The molecule has 0 amide bonds. The van der Waals surface area contributed by atoms with Crippen molar-refractivity contribution >= 4 is 11.6 Å². The van der Waals surface area contributed by atoms with Gasteiger partial charge in [-0.2, -0.15) is 0 Å². The van der Waals surface area contributed by atoms with Crippen molar-refractivity contribution in [3.63, 3.8) is 0 Å². The van der Waals surface area contributed by atoms with Crippen LogP contribution in [-0.2, 0) is 10.2 Å². The van der Waals surface area contributed by atoms with Gasteiger partial charge in [-0.05, 0) is 24.2 Å². The van der Waals surface area contributed by atoms with Crippen LogP contribution in [0.1, 0.15) is 81.3 Å². The Hall–Kier alpha value is -2.04. The largest absolute Gasteiger partial charge is 0.507 e. The monoisotopic (exact) mass is 346 g/mol. The summed E-state index contributed by atoms with van der Waals surface area (Å²) in [6.07, 6.45) is 2.26. The van der Waals surface area contributed by atoms with E-state index in [0.717, 1.165) is 12.8 Å². The molecule has 3 rings (SSSR count). The average molecular weight is 346 g/mol. The zero-order valence-electron chi connectivity index (χ0n) is 15.4. The van der Waals surface area contributed by atoms with Gasteiger partial charge in [0, 0.05) is 22.5 Å². The number of hydrogen-bond acceptors (Lipinski definition) is 5. The fraction of sp³-hybridized carbons (Fsp3) is 0.600. The first-order chi connectivity index (χ1) is 11.4. The second-order valence-electron chi connectivity index (χ2n) is 8.75. The molecule has 1 fully saturated rings. The first-order valence-electron chi connectivity index (χ1n) is 8.85. The van der Waals surface area contributed by atoms with E-state index in [4.69, 9.17) is 0 Å². The molecule has 1 aromatic rings. The van der Waals surface area contributed by atoms with Crippen molar-refractivity contribution in [3.8, 4) is 17.2 Å². The van der Waals surface area contributed by atoms with Crippen molar-refractivity contribution in [2.24, 2.45) is 11.3 Å². The van der Waals surface area contributed by atoms with Crippen molar-refractivity contribution < 1.29 is 24.9 Å². The molecule has 5 heteroatoms. The Kier molecular flexibility index (Phi) is 3.72. The number of benzene rings is 1. The summed E-state index contributed by atoms with van der Waals surface area (Å²) >= 11 is 0. The molecule has 2 aliphatic rings. The quantitative estimate of drug-likeness (QED) is 0.409. The van der Waals surface area contributed by atoms with Crippen LogP contribution in [0.15, 0.2) is 0 Å². The van der Waals surface area contributed by atoms with Gasteiger partial charge in [-0.1, -0.05) is 41.0 Å². The first-order valence-corrected chi connectivity index (χ1v) is 8.85. The summed E-state index contributed by atoms with van der Waals surface area (Å²) in [5.41, 5.74) is -0.980. The second-order valence-corrected chi connectivity index (χ2v) is 8.75. The van der Waals surface area contributed by atoms with E-state index in [1.165, 1.54) is 0 Å². The molecule has 0 heterocycles. The number of carbonyl (C=O) groups excluding carboxylic acids is 2. The predicted molar refractivity (Wildman–Crippen MR) is 93.3 cm³/mol. The van der Waals surface area contributed by atoms with Crippen LogP contribution in [0, 0.1) is 11.3 Å². The van der Waals surface area contributed by atoms with Gasteiger partial charge in [0.25, 0.3) is 0 Å². The second kappa shape index (κ2) is 5.23. The van der Waals surface area contributed by atoms with E-state index in [1.807, 2.05) is 20.8 Å². The van der Waals surface area contributed by atoms with Gasteiger partial charge < -0.3 is 15.3 Å². The van der Waals surface area contributed by atoms with Crippen LogP contribution in [0.4, 0.5) is 0 Å². The summed E-state index contributed by atoms with van der Waals surface area (Å²) < 4.78 is 0. The molecule has 0 bridgehead atoms. The molecule has 1 saturated carbocycles. The van der Waals surface area contributed by atoms with E-state index in [-0.39, 0.29) is 34.1 Å². The fourth-order valence-electron chi connectivity index (χ4n) is 5.28. The van der Waals surface area contributed by atoms with Crippen molar-refractivity contribution in [2.75, 3.05) is 0 Å². The van der Waals surface area contributed by atoms with Crippen molar-refractivity contribution in [1.29, 1.82) is 0 Å². The lowest BCUT2D eigenvalue weighted by molar-refractivity contribution is -0.128. The maximum atomic E-state index is 13.0. The van der Waals surface area contributed by atoms with Crippen LogP contribution >= 0.6 is 0 Å². The van der Waals surface area contributed by atoms with E-state index in [1.54, 1.807) is 13.8 Å². The summed E-state index contributed by atoms with van der Waals surface area (Å²) in [6.45, 7) is 9.26. The number of Topliss-reactive ketones (excluding diaryl/α,β-unsaturated/α-hetero) is 2. The van der Waals surface area contributed by atoms with Crippen molar-refractivity contribution in [3.05, 3.63) is 16.7 Å². The maximum absolute atomic E-state index is 13.0. The van der Waals surface area contributed by atoms with E-state index in [0.29, 0.717) is 6.42 Å². The van der Waals surface area contributed by atoms with Gasteiger partial charge in [-0.25, -0.2) is 0 Å². The summed E-state index contributed by atoms with van der Waals surface area (Å²) in [5.74, 6) is -3.30. The lowest BCUT2D eigenvalue weighted by Crippen LogP contribution is -2.54. The third-order valence-corrected chi connectivity index (χ3v) is 6.26. The van der Waals surface area contributed by atoms with E-state index < -0.39 is 34.1 Å². The molecule has 2 aliphatic carbocycles. The fourth-order valence-corrected chi connectivity index (χ4v) is 5.28. The van der Waals surface area contributed by atoms with Crippen molar-refractivity contribution in [1.82, 2.24) is 0 Å². The van der Waals surface area contributed by atoms with Crippen LogP contribution in [0.2, 0.25) is 0 Å². The lowest BCUT2D eigenvalue weighted by Gasteiger charge is -2.52. The maximum Gasteiger partial charge on any atom is 0.233 e. The topological polar surface area (TPSA) is 94.8 Å². The standard InChI is InChI=1S/C20H26O5/c1-9(2)10-13(21)11-12(16(24)14(10)22)20(5)8-6-7-19(3,4)18(20)17(25)15(11)23/h9,18,21-22,24H,6-8H2,1-5H3/t18-,20+/m1/s1. The Morgan fingerprint density at radius 2 is 1.56 bits per heavy atom. The number of fused-ring (bicyclic) bond motifs is 3. The SMILES string of the molecule is CC(C)c1c(O)c(O)c2c(c1O)C(=O)C(=O)[C@@H]1C(C)(C)CCC[C@@]21C. The predicted octanol–water partition coefficient (Wildman–Crippen LogP) is 3.78. The lowest BCUT2D eigenvalue weighted by atomic mass is 9.49. The number of aromatic hydroxyl groups is 3. The number of carbonyl (C=O) groups is 2. The van der Waals surface area contributed by atoms with Gasteiger partial charge in [0.15, 0.2) is 11.5 Å². The normalized spacial score (nSPS) is 28.0. The molecule has 0 aromatic heterocycles. The highest BCUT2D eigenvalue weighted by Gasteiger charge is 2.59.